The second-order valence-corrected chi connectivity index (χ2v) is 7.08. The molecule has 6 heteroatoms. The third-order valence-electron chi connectivity index (χ3n) is 3.40. The Morgan fingerprint density at radius 3 is 2.70 bits per heavy atom. The summed E-state index contributed by atoms with van der Waals surface area (Å²) in [5.41, 5.74) is 2.53. The molecule has 1 aromatic carbocycles. The standard InChI is InChI=1S/C17H17BrN4S/c1-21(2)15-6-4-3-5-13(15)12-23-17-19-9-10-22(17)16-8-7-14(18)11-20-16/h3-11H,12H2,1-2H3. The van der Waals surface area contributed by atoms with Gasteiger partial charge in [0.25, 0.3) is 0 Å². The minimum Gasteiger partial charge on any atom is -0.377 e. The Morgan fingerprint density at radius 1 is 1.13 bits per heavy atom. The highest BCUT2D eigenvalue weighted by Crippen LogP contribution is 2.28. The number of rotatable bonds is 5. The summed E-state index contributed by atoms with van der Waals surface area (Å²) in [5, 5.41) is 0.938. The van der Waals surface area contributed by atoms with Crippen LogP contribution < -0.4 is 4.90 Å². The number of benzene rings is 1. The van der Waals surface area contributed by atoms with Crippen LogP contribution in [-0.2, 0) is 5.75 Å². The summed E-state index contributed by atoms with van der Waals surface area (Å²) in [4.78, 5) is 11.0. The zero-order valence-corrected chi connectivity index (χ0v) is 15.4. The number of para-hydroxylation sites is 1. The summed E-state index contributed by atoms with van der Waals surface area (Å²) in [5.74, 6) is 1.73. The van der Waals surface area contributed by atoms with Crippen LogP contribution in [0.1, 0.15) is 5.56 Å². The summed E-state index contributed by atoms with van der Waals surface area (Å²) in [7, 11) is 4.13. The third kappa shape index (κ3) is 3.76. The van der Waals surface area contributed by atoms with E-state index in [4.69, 9.17) is 0 Å². The van der Waals surface area contributed by atoms with Gasteiger partial charge >= 0.3 is 0 Å². The van der Waals surface area contributed by atoms with Gasteiger partial charge in [-0.05, 0) is 39.7 Å². The highest BCUT2D eigenvalue weighted by Gasteiger charge is 2.09. The Bertz CT molecular complexity index is 783. The lowest BCUT2D eigenvalue weighted by atomic mass is 10.2. The van der Waals surface area contributed by atoms with Crippen LogP contribution in [-0.4, -0.2) is 28.6 Å². The molecule has 0 N–H and O–H groups in total. The number of hydrogen-bond acceptors (Lipinski definition) is 4. The fraction of sp³-hybridized carbons (Fsp3) is 0.176. The van der Waals surface area contributed by atoms with Crippen molar-refractivity contribution in [3.63, 3.8) is 0 Å². The van der Waals surface area contributed by atoms with Crippen molar-refractivity contribution in [1.29, 1.82) is 0 Å². The first-order valence-electron chi connectivity index (χ1n) is 7.18. The predicted octanol–water partition coefficient (Wildman–Crippen LogP) is 4.39. The molecule has 0 fully saturated rings. The average Bonchev–Trinajstić information content (AvgIpc) is 3.02. The van der Waals surface area contributed by atoms with Gasteiger partial charge in [-0.25, -0.2) is 9.97 Å². The average molecular weight is 389 g/mol. The lowest BCUT2D eigenvalue weighted by molar-refractivity contribution is 0.862. The quantitative estimate of drug-likeness (QED) is 0.607. The number of pyridine rings is 1. The maximum Gasteiger partial charge on any atom is 0.174 e. The molecule has 3 rings (SSSR count). The third-order valence-corrected chi connectivity index (χ3v) is 4.88. The summed E-state index contributed by atoms with van der Waals surface area (Å²) >= 11 is 5.12. The van der Waals surface area contributed by atoms with Gasteiger partial charge in [0.2, 0.25) is 0 Å². The molecular formula is C17H17BrN4S. The molecule has 0 saturated heterocycles. The van der Waals surface area contributed by atoms with Gasteiger partial charge in [-0.1, -0.05) is 30.0 Å². The minimum absolute atomic E-state index is 0.863. The molecule has 0 aliphatic heterocycles. The van der Waals surface area contributed by atoms with Crippen LogP contribution in [0.4, 0.5) is 5.69 Å². The normalized spacial score (nSPS) is 10.7. The van der Waals surface area contributed by atoms with E-state index in [-0.39, 0.29) is 0 Å². The van der Waals surface area contributed by atoms with Crippen molar-refractivity contribution in [3.05, 3.63) is 65.0 Å². The Morgan fingerprint density at radius 2 is 1.96 bits per heavy atom. The largest absolute Gasteiger partial charge is 0.377 e. The summed E-state index contributed by atoms with van der Waals surface area (Å²) in [6.07, 6.45) is 5.55. The molecule has 2 aromatic heterocycles. The molecule has 0 aliphatic carbocycles. The number of halogens is 1. The fourth-order valence-electron chi connectivity index (χ4n) is 2.29. The van der Waals surface area contributed by atoms with Crippen LogP contribution in [0.15, 0.2) is 64.6 Å². The van der Waals surface area contributed by atoms with E-state index < -0.39 is 0 Å². The molecule has 0 aliphatic rings. The van der Waals surface area contributed by atoms with Gasteiger partial charge < -0.3 is 4.90 Å². The van der Waals surface area contributed by atoms with Crippen LogP contribution >= 0.6 is 27.7 Å². The van der Waals surface area contributed by atoms with E-state index in [0.29, 0.717) is 0 Å². The van der Waals surface area contributed by atoms with E-state index in [1.165, 1.54) is 11.3 Å². The number of imidazole rings is 1. The number of nitrogens with zero attached hydrogens (tertiary/aromatic N) is 4. The monoisotopic (exact) mass is 388 g/mol. The molecule has 0 unspecified atom stereocenters. The van der Waals surface area contributed by atoms with E-state index >= 15 is 0 Å². The maximum absolute atomic E-state index is 4.47. The molecule has 0 bridgehead atoms. The first kappa shape index (κ1) is 16.1. The number of anilines is 1. The van der Waals surface area contributed by atoms with E-state index in [9.17, 15) is 0 Å². The van der Waals surface area contributed by atoms with E-state index in [0.717, 1.165) is 21.2 Å². The van der Waals surface area contributed by atoms with Crippen LogP contribution in [0.25, 0.3) is 5.82 Å². The second-order valence-electron chi connectivity index (χ2n) is 5.23. The first-order valence-corrected chi connectivity index (χ1v) is 8.96. The Balaban J connectivity index is 1.80. The lowest BCUT2D eigenvalue weighted by Crippen LogP contribution is -2.10. The van der Waals surface area contributed by atoms with E-state index in [1.807, 2.05) is 29.1 Å². The topological polar surface area (TPSA) is 34.0 Å². The predicted molar refractivity (Wildman–Crippen MR) is 99.4 cm³/mol. The van der Waals surface area contributed by atoms with Gasteiger partial charge in [0.05, 0.1) is 0 Å². The number of thioether (sulfide) groups is 1. The molecule has 0 amide bonds. The highest BCUT2D eigenvalue weighted by molar-refractivity contribution is 9.10. The van der Waals surface area contributed by atoms with E-state index in [2.05, 4.69) is 69.2 Å². The van der Waals surface area contributed by atoms with Crippen LogP contribution in [0.5, 0.6) is 0 Å². The number of hydrogen-bond donors (Lipinski definition) is 0. The molecule has 0 radical (unpaired) electrons. The van der Waals surface area contributed by atoms with E-state index in [1.54, 1.807) is 18.0 Å². The first-order chi connectivity index (χ1) is 11.1. The Kier molecular flexibility index (Phi) is 5.03. The van der Waals surface area contributed by atoms with Crippen molar-refractivity contribution < 1.29 is 0 Å². The highest BCUT2D eigenvalue weighted by atomic mass is 79.9. The van der Waals surface area contributed by atoms with Crippen molar-refractivity contribution in [2.24, 2.45) is 0 Å². The second kappa shape index (κ2) is 7.19. The fourth-order valence-corrected chi connectivity index (χ4v) is 3.48. The van der Waals surface area contributed by atoms with Crippen molar-refractivity contribution >= 4 is 33.4 Å². The molecule has 3 aromatic rings. The smallest absolute Gasteiger partial charge is 0.174 e. The van der Waals surface area contributed by atoms with Gasteiger partial charge in [0.1, 0.15) is 5.82 Å². The summed E-state index contributed by atoms with van der Waals surface area (Å²) < 4.78 is 2.98. The minimum atomic E-state index is 0.863. The van der Waals surface area contributed by atoms with Gasteiger partial charge in [0, 0.05) is 48.6 Å². The molecule has 0 spiro atoms. The van der Waals surface area contributed by atoms with Crippen molar-refractivity contribution in [1.82, 2.24) is 14.5 Å². The SMILES string of the molecule is CN(C)c1ccccc1CSc1nccn1-c1ccc(Br)cn1. The van der Waals surface area contributed by atoms with Crippen molar-refractivity contribution in [2.45, 2.75) is 10.9 Å². The van der Waals surface area contributed by atoms with Gasteiger partial charge in [-0.2, -0.15) is 0 Å². The zero-order chi connectivity index (χ0) is 16.2. The van der Waals surface area contributed by atoms with Gasteiger partial charge in [0.15, 0.2) is 5.16 Å². The van der Waals surface area contributed by atoms with Crippen molar-refractivity contribution in [2.75, 3.05) is 19.0 Å². The molecular weight excluding hydrogens is 372 g/mol. The molecule has 0 atom stereocenters. The lowest BCUT2D eigenvalue weighted by Gasteiger charge is -2.17. The van der Waals surface area contributed by atoms with Gasteiger partial charge in [-0.3, -0.25) is 4.57 Å². The molecule has 118 valence electrons. The Hall–Kier alpha value is -1.79. The molecule has 0 saturated carbocycles. The van der Waals surface area contributed by atoms with Gasteiger partial charge in [-0.15, -0.1) is 0 Å². The summed E-state index contributed by atoms with van der Waals surface area (Å²) in [6.45, 7) is 0. The van der Waals surface area contributed by atoms with Crippen LogP contribution in [0, 0.1) is 0 Å². The molecule has 2 heterocycles. The molecule has 4 nitrogen and oxygen atoms in total. The summed E-state index contributed by atoms with van der Waals surface area (Å²) in [6, 6.07) is 12.4. The van der Waals surface area contributed by atoms with Crippen molar-refractivity contribution in [3.8, 4) is 5.82 Å². The molecule has 23 heavy (non-hydrogen) atoms. The van der Waals surface area contributed by atoms with Crippen LogP contribution in [0.3, 0.4) is 0 Å². The Labute approximate surface area is 148 Å². The van der Waals surface area contributed by atoms with Crippen LogP contribution in [0.2, 0.25) is 0 Å². The maximum atomic E-state index is 4.47. The zero-order valence-electron chi connectivity index (χ0n) is 13.0. The number of aromatic nitrogens is 3.